The van der Waals surface area contributed by atoms with Crippen LogP contribution in [0.2, 0.25) is 0 Å². The summed E-state index contributed by atoms with van der Waals surface area (Å²) in [7, 11) is -4.67. The van der Waals surface area contributed by atoms with Crippen LogP contribution in [0, 0.1) is 0 Å². The molecule has 1 aliphatic heterocycles. The summed E-state index contributed by atoms with van der Waals surface area (Å²) in [5.41, 5.74) is 5.26. The molecular weight excluding hydrogens is 262 g/mol. The molecule has 1 fully saturated rings. The summed E-state index contributed by atoms with van der Waals surface area (Å²) in [5.74, 6) is 0. The number of ether oxygens (including phenoxy) is 1. The molecular formula is C6H15NO9S. The van der Waals surface area contributed by atoms with Crippen molar-refractivity contribution >= 4 is 10.4 Å². The molecule has 17 heavy (non-hydrogen) atoms. The second-order valence-electron chi connectivity index (χ2n) is 3.25. The minimum atomic E-state index is -4.67. The van der Waals surface area contributed by atoms with Gasteiger partial charge in [-0.3, -0.25) is 9.11 Å². The van der Waals surface area contributed by atoms with E-state index >= 15 is 0 Å². The van der Waals surface area contributed by atoms with Gasteiger partial charge in [-0.2, -0.15) is 8.42 Å². The molecule has 0 aromatic carbocycles. The predicted molar refractivity (Wildman–Crippen MR) is 52.1 cm³/mol. The van der Waals surface area contributed by atoms with E-state index in [0.29, 0.717) is 0 Å². The van der Waals surface area contributed by atoms with Crippen LogP contribution in [0.3, 0.4) is 0 Å². The molecule has 2 unspecified atom stereocenters. The number of hydrogen-bond acceptors (Lipinski definition) is 8. The van der Waals surface area contributed by atoms with Crippen molar-refractivity contribution in [1.29, 1.82) is 0 Å². The third-order valence-electron chi connectivity index (χ3n) is 1.95. The highest BCUT2D eigenvalue weighted by Gasteiger charge is 2.41. The molecule has 11 heteroatoms. The van der Waals surface area contributed by atoms with Gasteiger partial charge in [-0.05, 0) is 0 Å². The molecule has 0 radical (unpaired) electrons. The lowest BCUT2D eigenvalue weighted by atomic mass is 9.98. The lowest BCUT2D eigenvalue weighted by molar-refractivity contribution is -0.248. The molecule has 5 atom stereocenters. The highest BCUT2D eigenvalue weighted by atomic mass is 32.3. The quantitative estimate of drug-likeness (QED) is 0.233. The lowest BCUT2D eigenvalue weighted by Crippen LogP contribution is -2.61. The van der Waals surface area contributed by atoms with E-state index in [-0.39, 0.29) is 0 Å². The fraction of sp³-hybridized carbons (Fsp3) is 1.00. The predicted octanol–water partition coefficient (Wildman–Crippen LogP) is -3.91. The van der Waals surface area contributed by atoms with Gasteiger partial charge < -0.3 is 30.9 Å². The SMILES string of the molecule is NC1[C@@H](O)OC(CO)[C@@H](O)[C@H]1O.O=S(=O)(O)O. The van der Waals surface area contributed by atoms with Gasteiger partial charge in [0.1, 0.15) is 18.3 Å². The van der Waals surface area contributed by atoms with Crippen molar-refractivity contribution in [3.63, 3.8) is 0 Å². The largest absolute Gasteiger partial charge is 0.394 e. The molecule has 0 spiro atoms. The zero-order chi connectivity index (χ0) is 13.8. The molecule has 1 aliphatic rings. The second kappa shape index (κ2) is 6.53. The molecule has 1 rings (SSSR count). The summed E-state index contributed by atoms with van der Waals surface area (Å²) in [6, 6.07) is -1.04. The van der Waals surface area contributed by atoms with Crippen molar-refractivity contribution in [1.82, 2.24) is 0 Å². The van der Waals surface area contributed by atoms with Crippen molar-refractivity contribution < 1.29 is 42.7 Å². The van der Waals surface area contributed by atoms with E-state index in [4.69, 9.17) is 38.2 Å². The van der Waals surface area contributed by atoms with Gasteiger partial charge in [-0.15, -0.1) is 0 Å². The standard InChI is InChI=1S/C6H13NO5.H2O4S/c7-3-5(10)4(9)2(1-8)12-6(3)11;1-5(2,3)4/h2-6,8-11H,1,7H2;(H2,1,2,3,4)/t2?,3?,4-,5+,6+;/m1./s1. The summed E-state index contributed by atoms with van der Waals surface area (Å²) >= 11 is 0. The fourth-order valence-electron chi connectivity index (χ4n) is 1.12. The van der Waals surface area contributed by atoms with Crippen LogP contribution in [-0.4, -0.2) is 75.2 Å². The van der Waals surface area contributed by atoms with Gasteiger partial charge in [0.2, 0.25) is 0 Å². The number of aliphatic hydroxyl groups excluding tert-OH is 4. The average molecular weight is 277 g/mol. The van der Waals surface area contributed by atoms with Crippen LogP contribution in [0.1, 0.15) is 0 Å². The molecule has 10 nitrogen and oxygen atoms in total. The fourth-order valence-corrected chi connectivity index (χ4v) is 1.12. The topological polar surface area (TPSA) is 191 Å². The third-order valence-corrected chi connectivity index (χ3v) is 1.95. The van der Waals surface area contributed by atoms with Crippen LogP contribution in [-0.2, 0) is 15.1 Å². The van der Waals surface area contributed by atoms with E-state index in [1.54, 1.807) is 0 Å². The van der Waals surface area contributed by atoms with E-state index in [9.17, 15) is 10.2 Å². The van der Waals surface area contributed by atoms with Crippen molar-refractivity contribution in [3.05, 3.63) is 0 Å². The van der Waals surface area contributed by atoms with Gasteiger partial charge in [-0.1, -0.05) is 0 Å². The Hall–Kier alpha value is -0.370. The molecule has 104 valence electrons. The van der Waals surface area contributed by atoms with Gasteiger partial charge in [0.15, 0.2) is 6.29 Å². The minimum absolute atomic E-state index is 0.470. The van der Waals surface area contributed by atoms with Gasteiger partial charge in [-0.25, -0.2) is 0 Å². The first-order valence-corrected chi connectivity index (χ1v) is 5.73. The smallest absolute Gasteiger partial charge is 0.394 e. The number of nitrogens with two attached hydrogens (primary N) is 1. The van der Waals surface area contributed by atoms with E-state index in [2.05, 4.69) is 0 Å². The van der Waals surface area contributed by atoms with Crippen LogP contribution in [0.5, 0.6) is 0 Å². The van der Waals surface area contributed by atoms with Crippen molar-refractivity contribution in [2.24, 2.45) is 5.73 Å². The van der Waals surface area contributed by atoms with Gasteiger partial charge in [0.25, 0.3) is 0 Å². The monoisotopic (exact) mass is 277 g/mol. The summed E-state index contributed by atoms with van der Waals surface area (Å²) in [6.07, 6.45) is -4.85. The first-order chi connectivity index (χ1) is 7.57. The van der Waals surface area contributed by atoms with Crippen LogP contribution in [0.25, 0.3) is 0 Å². The Labute approximate surface area is 96.8 Å². The lowest BCUT2D eigenvalue weighted by Gasteiger charge is -2.38. The Balaban J connectivity index is 0.000000437. The summed E-state index contributed by atoms with van der Waals surface area (Å²) in [4.78, 5) is 0. The number of hydrogen-bond donors (Lipinski definition) is 7. The van der Waals surface area contributed by atoms with E-state index < -0.39 is 47.6 Å². The molecule has 0 aromatic rings. The molecule has 0 saturated carbocycles. The zero-order valence-electron chi connectivity index (χ0n) is 8.49. The van der Waals surface area contributed by atoms with Crippen LogP contribution >= 0.6 is 0 Å². The summed E-state index contributed by atoms with van der Waals surface area (Å²) in [5, 5.41) is 36.1. The van der Waals surface area contributed by atoms with E-state index in [1.165, 1.54) is 0 Å². The normalized spacial score (nSPS) is 38.2. The maximum atomic E-state index is 9.20. The number of aliphatic hydroxyl groups is 4. The average Bonchev–Trinajstić information content (AvgIpc) is 2.18. The maximum Gasteiger partial charge on any atom is 0.394 e. The van der Waals surface area contributed by atoms with Crippen molar-refractivity contribution in [2.75, 3.05) is 6.61 Å². The Bertz CT molecular complexity index is 307. The van der Waals surface area contributed by atoms with Gasteiger partial charge in [0, 0.05) is 0 Å². The van der Waals surface area contributed by atoms with Crippen LogP contribution < -0.4 is 5.73 Å². The molecule has 0 aromatic heterocycles. The Morgan fingerprint density at radius 1 is 1.12 bits per heavy atom. The van der Waals surface area contributed by atoms with E-state index in [0.717, 1.165) is 0 Å². The highest BCUT2D eigenvalue weighted by molar-refractivity contribution is 7.79. The molecule has 0 aliphatic carbocycles. The van der Waals surface area contributed by atoms with Crippen molar-refractivity contribution in [3.8, 4) is 0 Å². The zero-order valence-corrected chi connectivity index (χ0v) is 9.30. The Morgan fingerprint density at radius 3 is 1.88 bits per heavy atom. The molecule has 1 saturated heterocycles. The molecule has 8 N–H and O–H groups in total. The van der Waals surface area contributed by atoms with E-state index in [1.807, 2.05) is 0 Å². The summed E-state index contributed by atoms with van der Waals surface area (Å²) in [6.45, 7) is -0.470. The summed E-state index contributed by atoms with van der Waals surface area (Å²) < 4.78 is 36.3. The van der Waals surface area contributed by atoms with Gasteiger partial charge in [0.05, 0.1) is 12.6 Å². The van der Waals surface area contributed by atoms with Crippen LogP contribution in [0.15, 0.2) is 0 Å². The first kappa shape index (κ1) is 16.6. The number of rotatable bonds is 1. The van der Waals surface area contributed by atoms with Crippen molar-refractivity contribution in [2.45, 2.75) is 30.6 Å². The van der Waals surface area contributed by atoms with Crippen LogP contribution in [0.4, 0.5) is 0 Å². The highest BCUT2D eigenvalue weighted by Crippen LogP contribution is 2.17. The molecule has 1 heterocycles. The Morgan fingerprint density at radius 2 is 1.53 bits per heavy atom. The molecule has 0 amide bonds. The first-order valence-electron chi connectivity index (χ1n) is 4.34. The van der Waals surface area contributed by atoms with Gasteiger partial charge >= 0.3 is 10.4 Å². The Kier molecular flexibility index (Phi) is 6.39. The molecule has 0 bridgehead atoms. The maximum absolute atomic E-state index is 9.20. The minimum Gasteiger partial charge on any atom is -0.394 e. The second-order valence-corrected chi connectivity index (χ2v) is 4.15. The third kappa shape index (κ3) is 6.21.